The Kier molecular flexibility index (Phi) is 30.6. The fourth-order valence-corrected chi connectivity index (χ4v) is 11.8. The largest absolute Gasteiger partial charge is 0.505 e. The van der Waals surface area contributed by atoms with Gasteiger partial charge in [0.2, 0.25) is 0 Å². The Balaban J connectivity index is 0.803. The quantitative estimate of drug-likeness (QED) is 0.00858. The number of benzene rings is 4. The first-order valence-corrected chi connectivity index (χ1v) is 36.8. The molecule has 7 aromatic rings. The molecule has 0 bridgehead atoms. The molecule has 103 heavy (non-hydrogen) atoms. The normalized spacial score (nSPS) is 11.9. The molecule has 3 heterocycles. The van der Waals surface area contributed by atoms with Crippen LogP contribution in [0.5, 0.6) is 11.5 Å². The molecule has 562 valence electrons. The number of phenols is 2. The van der Waals surface area contributed by atoms with Crippen LogP contribution in [0, 0.1) is 0 Å². The Morgan fingerprint density at radius 1 is 0.476 bits per heavy atom. The first-order valence-electron chi connectivity index (χ1n) is 35.2. The van der Waals surface area contributed by atoms with Crippen molar-refractivity contribution < 1.29 is 66.1 Å². The molecule has 32 heteroatoms. The number of carbonyl (C=O) groups excluding carboxylic acids is 5. The summed E-state index contributed by atoms with van der Waals surface area (Å²) >= 11 is 0. The molecule has 7 N–H and O–H groups in total. The number of nitrogens with one attached hydrogen (secondary N) is 4. The van der Waals surface area contributed by atoms with Crippen LogP contribution in [0.3, 0.4) is 0 Å². The monoisotopic (exact) mass is 1450 g/mol. The number of rotatable bonds is 41. The van der Waals surface area contributed by atoms with Crippen molar-refractivity contribution in [1.82, 2.24) is 69.9 Å². The predicted molar refractivity (Wildman–Crippen MR) is 386 cm³/mol. The Morgan fingerprint density at radius 3 is 1.17 bits per heavy atom. The van der Waals surface area contributed by atoms with Gasteiger partial charge in [-0.15, -0.1) is 30.0 Å². The first-order chi connectivity index (χ1) is 49.1. The fraction of sp³-hybridized carbons (Fsp3) is 0.549. The van der Waals surface area contributed by atoms with Crippen LogP contribution >= 0.6 is 0 Å². The minimum absolute atomic E-state index is 0.0290. The van der Waals surface area contributed by atoms with Crippen LogP contribution in [-0.4, -0.2) is 180 Å². The number of aromatic nitrogens is 9. The molecular weight excluding hydrogens is 1350 g/mol. The average Bonchev–Trinajstić information content (AvgIpc) is 1.21. The molecule has 0 aliphatic rings. The zero-order chi connectivity index (χ0) is 74.7. The number of unbranched alkanes of at least 4 members (excludes halogenated alkanes) is 9. The summed E-state index contributed by atoms with van der Waals surface area (Å²) in [6, 6.07) is 21.5. The summed E-state index contributed by atoms with van der Waals surface area (Å²) in [5.41, 5.74) is 3.31. The fourth-order valence-electron chi connectivity index (χ4n) is 11.2. The average molecular weight is 1450 g/mol. The lowest BCUT2D eigenvalue weighted by Gasteiger charge is -2.23. The second-order valence-corrected chi connectivity index (χ2v) is 28.9. The van der Waals surface area contributed by atoms with E-state index in [0.717, 1.165) is 24.8 Å². The van der Waals surface area contributed by atoms with Crippen LogP contribution in [0.1, 0.15) is 154 Å². The van der Waals surface area contributed by atoms with Crippen molar-refractivity contribution in [3.8, 4) is 22.9 Å². The minimum Gasteiger partial charge on any atom is -0.505 e. The van der Waals surface area contributed by atoms with E-state index in [2.05, 4.69) is 41.7 Å². The van der Waals surface area contributed by atoms with Gasteiger partial charge in [-0.3, -0.25) is 14.1 Å². The Labute approximate surface area is 598 Å². The van der Waals surface area contributed by atoms with Crippen molar-refractivity contribution in [2.75, 3.05) is 78.5 Å². The van der Waals surface area contributed by atoms with Crippen molar-refractivity contribution >= 4 is 62.3 Å². The topological polar surface area (TPSA) is 396 Å². The molecule has 31 nitrogen and oxygen atoms in total. The van der Waals surface area contributed by atoms with Gasteiger partial charge in [0.25, 0.3) is 10.1 Å². The SMILES string of the molecule is CN(CCNC(=O)NCCCCCCn1c(=O)n(CCCCCCNC(=O)OCCOC(=O)CCc2cc(-n3nc4ccccc4n3)c(O)c(C(C)(C)C)c2)c(=O)n(CCCCCCNC(=O)OCCOC(=O)CCc2cc(-n3nc4ccccc4n3)c(O)c(C(C)(C)C)c2)c1=O)CCS(=O)(=O)O. The Bertz CT molecular complexity index is 4010. The number of urea groups is 1. The third-order valence-corrected chi connectivity index (χ3v) is 17.7. The molecule has 0 spiro atoms. The first kappa shape index (κ1) is 80.6. The van der Waals surface area contributed by atoms with Crippen LogP contribution in [-0.2, 0) is 82.0 Å². The number of nitrogens with zero attached hydrogens (tertiary/aromatic N) is 10. The van der Waals surface area contributed by atoms with E-state index in [0.29, 0.717) is 148 Å². The molecule has 0 fully saturated rings. The van der Waals surface area contributed by atoms with E-state index in [1.807, 2.05) is 102 Å². The molecule has 0 aliphatic carbocycles. The summed E-state index contributed by atoms with van der Waals surface area (Å²) in [4.78, 5) is 109. The summed E-state index contributed by atoms with van der Waals surface area (Å²) in [5.74, 6) is -1.32. The van der Waals surface area contributed by atoms with E-state index >= 15 is 0 Å². The van der Waals surface area contributed by atoms with E-state index in [4.69, 9.17) is 23.5 Å². The number of phenolic OH excluding ortho intramolecular Hbond substituents is 2. The van der Waals surface area contributed by atoms with Gasteiger partial charge in [-0.05, 0) is 117 Å². The third-order valence-electron chi connectivity index (χ3n) is 17.0. The van der Waals surface area contributed by atoms with Crippen LogP contribution < -0.4 is 38.3 Å². The highest BCUT2D eigenvalue weighted by molar-refractivity contribution is 7.85. The standard InChI is InChI=1S/C71H100N14O17S/c1-70(2,3)52-46-50(48-58(62(52)88)84-76-54-24-14-15-25-55(54)77-84)28-30-60(86)99-41-43-101-65(91)74-33-19-9-12-22-37-82-67(93)81(36-21-11-8-18-32-72-64(90)73-35-39-80(7)40-45-103(96,97)98)68(94)83(69(82)95)38-23-13-10-20-34-75-66(92)102-44-42-100-61(87)31-29-51-47-53(71(4,5)6)63(89)59(49-51)85-78-56-26-16-17-27-57(56)79-85/h14-17,24-27,46-49,88-89H,8-13,18-23,28-45H2,1-7H3,(H,74,91)(H,75,92)(H2,72,73,90)(H,96,97,98). The minimum atomic E-state index is -4.10. The van der Waals surface area contributed by atoms with Crippen LogP contribution in [0.15, 0.2) is 87.2 Å². The summed E-state index contributed by atoms with van der Waals surface area (Å²) in [7, 11) is -2.43. The summed E-state index contributed by atoms with van der Waals surface area (Å²) in [6.45, 7) is 13.0. The number of hydrogen-bond donors (Lipinski definition) is 7. The van der Waals surface area contributed by atoms with Gasteiger partial charge < -0.3 is 55.3 Å². The Morgan fingerprint density at radius 2 is 0.816 bits per heavy atom. The number of hydrogen-bond acceptors (Lipinski definition) is 21. The number of amides is 4. The number of aromatic hydroxyl groups is 2. The highest BCUT2D eigenvalue weighted by Gasteiger charge is 2.26. The number of carbonyl (C=O) groups is 5. The lowest BCUT2D eigenvalue weighted by molar-refractivity contribution is -0.145. The van der Waals surface area contributed by atoms with E-state index < -0.39 is 73.9 Å². The molecule has 7 rings (SSSR count). The molecule has 4 amide bonds. The molecule has 3 aromatic heterocycles. The number of likely N-dealkylation sites (N-methyl/N-ethyl adjacent to an activating group) is 1. The zero-order valence-electron chi connectivity index (χ0n) is 60.1. The van der Waals surface area contributed by atoms with Crippen LogP contribution in [0.4, 0.5) is 14.4 Å². The molecule has 0 saturated carbocycles. The maximum atomic E-state index is 13.9. The van der Waals surface area contributed by atoms with Gasteiger partial charge in [0.15, 0.2) is 0 Å². The molecule has 0 saturated heterocycles. The number of alkyl carbamates (subject to hydrolysis) is 2. The highest BCUT2D eigenvalue weighted by Crippen LogP contribution is 2.38. The smallest absolute Gasteiger partial charge is 0.407 e. The molecule has 4 aromatic carbocycles. The molecule has 0 atom stereocenters. The van der Waals surface area contributed by atoms with Crippen LogP contribution in [0.2, 0.25) is 0 Å². The van der Waals surface area contributed by atoms with E-state index in [1.165, 1.54) is 9.59 Å². The van der Waals surface area contributed by atoms with Crippen molar-refractivity contribution in [3.63, 3.8) is 0 Å². The number of esters is 2. The molecule has 0 unspecified atom stereocenters. The van der Waals surface area contributed by atoms with Gasteiger partial charge in [0, 0.05) is 82.9 Å². The summed E-state index contributed by atoms with van der Waals surface area (Å²) in [5, 5.41) is 51.5. The summed E-state index contributed by atoms with van der Waals surface area (Å²) < 4.78 is 55.4. The second-order valence-electron chi connectivity index (χ2n) is 27.4. The second kappa shape index (κ2) is 39.1. The van der Waals surface area contributed by atoms with Crippen molar-refractivity contribution in [2.24, 2.45) is 0 Å². The van der Waals surface area contributed by atoms with Gasteiger partial charge in [-0.25, -0.2) is 42.5 Å². The number of fused-ring (bicyclic) bond motifs is 2. The van der Waals surface area contributed by atoms with Crippen molar-refractivity contribution in [2.45, 2.75) is 175 Å². The van der Waals surface area contributed by atoms with Gasteiger partial charge >= 0.3 is 47.2 Å². The third kappa shape index (κ3) is 26.0. The lowest BCUT2D eigenvalue weighted by Crippen LogP contribution is -2.54. The molecule has 0 aliphatic heterocycles. The zero-order valence-corrected chi connectivity index (χ0v) is 60.9. The lowest BCUT2D eigenvalue weighted by atomic mass is 9.84. The molecular formula is C71H100N14O17S. The van der Waals surface area contributed by atoms with Gasteiger partial charge in [-0.2, -0.15) is 8.42 Å². The summed E-state index contributed by atoms with van der Waals surface area (Å²) in [6.07, 6.45) is 5.98. The van der Waals surface area contributed by atoms with Gasteiger partial charge in [0.1, 0.15) is 71.4 Å². The van der Waals surface area contributed by atoms with Crippen molar-refractivity contribution in [3.05, 3.63) is 127 Å². The number of aryl methyl sites for hydroxylation is 2. The Hall–Kier alpha value is -9.69. The molecule has 0 radical (unpaired) electrons. The maximum absolute atomic E-state index is 13.9. The predicted octanol–water partition coefficient (Wildman–Crippen LogP) is 7.25. The maximum Gasteiger partial charge on any atom is 0.407 e. The van der Waals surface area contributed by atoms with Crippen molar-refractivity contribution in [1.29, 1.82) is 0 Å². The van der Waals surface area contributed by atoms with E-state index in [1.54, 1.807) is 24.1 Å². The van der Waals surface area contributed by atoms with Crippen LogP contribution in [0.25, 0.3) is 33.4 Å². The number of ether oxygens (including phenoxy) is 4. The van der Waals surface area contributed by atoms with Gasteiger partial charge in [0.05, 0.1) is 5.75 Å². The van der Waals surface area contributed by atoms with Gasteiger partial charge in [-0.1, -0.05) is 116 Å². The van der Waals surface area contributed by atoms with E-state index in [9.17, 15) is 57.0 Å². The van der Waals surface area contributed by atoms with E-state index in [-0.39, 0.29) is 96.6 Å². The highest BCUT2D eigenvalue weighted by atomic mass is 32.2.